The highest BCUT2D eigenvalue weighted by atomic mass is 35.5. The lowest BCUT2D eigenvalue weighted by atomic mass is 10.2. The second-order valence-electron chi connectivity index (χ2n) is 4.18. The Labute approximate surface area is 129 Å². The molecule has 2 heterocycles. The van der Waals surface area contributed by atoms with Crippen LogP contribution in [0.2, 0.25) is 5.02 Å². The van der Waals surface area contributed by atoms with Crippen molar-refractivity contribution in [3.05, 3.63) is 47.1 Å². The molecule has 0 spiro atoms. The maximum atomic E-state index is 12.1. The summed E-state index contributed by atoms with van der Waals surface area (Å²) in [6.07, 6.45) is 1.62. The number of pyridine rings is 1. The largest absolute Gasteiger partial charge is 0.495 e. The van der Waals surface area contributed by atoms with Gasteiger partial charge in [0.15, 0.2) is 5.13 Å². The van der Waals surface area contributed by atoms with Gasteiger partial charge in [0, 0.05) is 16.7 Å². The molecule has 3 rings (SSSR count). The van der Waals surface area contributed by atoms with Gasteiger partial charge < -0.3 is 4.74 Å². The zero-order chi connectivity index (χ0) is 14.8. The number of aromatic nitrogens is 2. The number of halogens is 1. The fraction of sp³-hybridized carbons (Fsp3) is 0.0714. The lowest BCUT2D eigenvalue weighted by Crippen LogP contribution is -2.11. The molecule has 0 aliphatic carbocycles. The van der Waals surface area contributed by atoms with Crippen LogP contribution in [0.4, 0.5) is 5.13 Å². The van der Waals surface area contributed by atoms with Crippen LogP contribution >= 0.6 is 22.9 Å². The summed E-state index contributed by atoms with van der Waals surface area (Å²) in [5, 5.41) is 3.83. The van der Waals surface area contributed by atoms with Crippen LogP contribution in [0.15, 0.2) is 36.5 Å². The molecule has 0 saturated heterocycles. The first-order chi connectivity index (χ1) is 10.2. The van der Waals surface area contributed by atoms with Gasteiger partial charge in [-0.25, -0.2) is 9.97 Å². The third-order valence-corrected chi connectivity index (χ3v) is 3.93. The lowest BCUT2D eigenvalue weighted by molar-refractivity contribution is 0.102. The van der Waals surface area contributed by atoms with Crippen molar-refractivity contribution in [3.63, 3.8) is 0 Å². The molecule has 3 aromatic rings. The van der Waals surface area contributed by atoms with E-state index >= 15 is 0 Å². The number of benzene rings is 1. The number of nitrogens with one attached hydrogen (secondary N) is 1. The number of carbonyl (C=O) groups excluding carboxylic acids is 1. The standard InChI is InChI=1S/C14H10ClN3O2S/c1-20-10-6-11-13(16-7-10)21-14(17-11)18-12(19)8-2-4-9(15)5-3-8/h2-7H,1H3,(H,17,18,19). The molecule has 21 heavy (non-hydrogen) atoms. The van der Waals surface area contributed by atoms with E-state index in [-0.39, 0.29) is 5.91 Å². The number of hydrogen-bond donors (Lipinski definition) is 1. The fourth-order valence-corrected chi connectivity index (χ4v) is 2.65. The fourth-order valence-electron chi connectivity index (χ4n) is 1.74. The second-order valence-corrected chi connectivity index (χ2v) is 5.59. The molecule has 0 bridgehead atoms. The van der Waals surface area contributed by atoms with Gasteiger partial charge in [0.1, 0.15) is 16.1 Å². The molecule has 0 radical (unpaired) electrons. The van der Waals surface area contributed by atoms with Crippen molar-refractivity contribution in [2.45, 2.75) is 0 Å². The first-order valence-corrected chi connectivity index (χ1v) is 7.22. The highest BCUT2D eigenvalue weighted by Crippen LogP contribution is 2.27. The molecule has 0 atom stereocenters. The Morgan fingerprint density at radius 3 is 2.81 bits per heavy atom. The predicted octanol–water partition coefficient (Wildman–Crippen LogP) is 3.61. The maximum Gasteiger partial charge on any atom is 0.257 e. The van der Waals surface area contributed by atoms with Crippen LogP contribution in [0.1, 0.15) is 10.4 Å². The Morgan fingerprint density at radius 1 is 1.33 bits per heavy atom. The van der Waals surface area contributed by atoms with Crippen molar-refractivity contribution in [2.75, 3.05) is 12.4 Å². The number of ether oxygens (including phenoxy) is 1. The quantitative estimate of drug-likeness (QED) is 0.801. The van der Waals surface area contributed by atoms with E-state index < -0.39 is 0 Å². The first-order valence-electron chi connectivity index (χ1n) is 6.03. The average Bonchev–Trinajstić information content (AvgIpc) is 2.88. The number of thiazole rings is 1. The van der Waals surface area contributed by atoms with Crippen molar-refractivity contribution < 1.29 is 9.53 Å². The first kappa shape index (κ1) is 13.8. The van der Waals surface area contributed by atoms with E-state index in [0.29, 0.717) is 27.0 Å². The Bertz CT molecular complexity index is 802. The minimum absolute atomic E-state index is 0.238. The van der Waals surface area contributed by atoms with Crippen LogP contribution in [0.25, 0.3) is 10.3 Å². The topological polar surface area (TPSA) is 64.1 Å². The molecule has 5 nitrogen and oxygen atoms in total. The van der Waals surface area contributed by atoms with Crippen LogP contribution in [-0.2, 0) is 0 Å². The second kappa shape index (κ2) is 5.67. The van der Waals surface area contributed by atoms with Crippen LogP contribution < -0.4 is 10.1 Å². The molecule has 1 aromatic carbocycles. The Balaban J connectivity index is 1.84. The molecule has 106 valence electrons. The molecular formula is C14H10ClN3O2S. The van der Waals surface area contributed by atoms with Crippen LogP contribution in [0.3, 0.4) is 0 Å². The van der Waals surface area contributed by atoms with E-state index in [1.54, 1.807) is 43.6 Å². The molecule has 2 aromatic heterocycles. The number of hydrogen-bond acceptors (Lipinski definition) is 5. The number of carbonyl (C=O) groups is 1. The summed E-state index contributed by atoms with van der Waals surface area (Å²) >= 11 is 7.10. The molecule has 0 fully saturated rings. The Morgan fingerprint density at radius 2 is 2.10 bits per heavy atom. The number of rotatable bonds is 3. The molecule has 0 unspecified atom stereocenters. The van der Waals surface area contributed by atoms with Gasteiger partial charge in [-0.2, -0.15) is 0 Å². The van der Waals surface area contributed by atoms with Crippen molar-refractivity contribution in [1.82, 2.24) is 9.97 Å². The Hall–Kier alpha value is -2.18. The molecule has 1 N–H and O–H groups in total. The Kier molecular flexibility index (Phi) is 3.72. The number of methoxy groups -OCH3 is 1. The summed E-state index contributed by atoms with van der Waals surface area (Å²) in [7, 11) is 1.57. The van der Waals surface area contributed by atoms with Crippen molar-refractivity contribution in [1.29, 1.82) is 0 Å². The van der Waals surface area contributed by atoms with E-state index in [0.717, 1.165) is 4.83 Å². The zero-order valence-electron chi connectivity index (χ0n) is 11.0. The molecule has 0 saturated carbocycles. The zero-order valence-corrected chi connectivity index (χ0v) is 12.5. The SMILES string of the molecule is COc1cnc2sc(NC(=O)c3ccc(Cl)cc3)nc2c1. The third-order valence-electron chi connectivity index (χ3n) is 2.79. The van der Waals surface area contributed by atoms with Crippen LogP contribution in [0.5, 0.6) is 5.75 Å². The predicted molar refractivity (Wildman–Crippen MR) is 83.4 cm³/mol. The molecule has 0 aliphatic heterocycles. The van der Waals surface area contributed by atoms with Gasteiger partial charge >= 0.3 is 0 Å². The van der Waals surface area contributed by atoms with Crippen molar-refractivity contribution in [3.8, 4) is 5.75 Å². The molecule has 1 amide bonds. The smallest absolute Gasteiger partial charge is 0.257 e. The van der Waals surface area contributed by atoms with Gasteiger partial charge in [-0.1, -0.05) is 22.9 Å². The highest BCUT2D eigenvalue weighted by molar-refractivity contribution is 7.21. The number of nitrogens with zero attached hydrogens (tertiary/aromatic N) is 2. The van der Waals surface area contributed by atoms with Crippen molar-refractivity contribution >= 4 is 44.3 Å². The minimum Gasteiger partial charge on any atom is -0.495 e. The van der Waals surface area contributed by atoms with E-state index in [1.165, 1.54) is 11.3 Å². The van der Waals surface area contributed by atoms with Gasteiger partial charge in [0.25, 0.3) is 5.91 Å². The van der Waals surface area contributed by atoms with Gasteiger partial charge in [-0.15, -0.1) is 0 Å². The molecule has 7 heteroatoms. The van der Waals surface area contributed by atoms with Gasteiger partial charge in [-0.3, -0.25) is 10.1 Å². The summed E-state index contributed by atoms with van der Waals surface area (Å²) < 4.78 is 5.10. The van der Waals surface area contributed by atoms with E-state index in [2.05, 4.69) is 15.3 Å². The van der Waals surface area contributed by atoms with Crippen LogP contribution in [-0.4, -0.2) is 23.0 Å². The van der Waals surface area contributed by atoms with Gasteiger partial charge in [-0.05, 0) is 24.3 Å². The monoisotopic (exact) mass is 319 g/mol. The van der Waals surface area contributed by atoms with Crippen LogP contribution in [0, 0.1) is 0 Å². The summed E-state index contributed by atoms with van der Waals surface area (Å²) in [5.41, 5.74) is 1.20. The maximum absolute atomic E-state index is 12.1. The number of fused-ring (bicyclic) bond motifs is 1. The van der Waals surface area contributed by atoms with E-state index in [9.17, 15) is 4.79 Å². The summed E-state index contributed by atoms with van der Waals surface area (Å²) in [4.78, 5) is 21.4. The summed E-state index contributed by atoms with van der Waals surface area (Å²) in [6.45, 7) is 0. The van der Waals surface area contributed by atoms with Crippen molar-refractivity contribution in [2.24, 2.45) is 0 Å². The summed E-state index contributed by atoms with van der Waals surface area (Å²) in [5.74, 6) is 0.390. The number of amides is 1. The van der Waals surface area contributed by atoms with Gasteiger partial charge in [0.2, 0.25) is 0 Å². The molecule has 0 aliphatic rings. The highest BCUT2D eigenvalue weighted by Gasteiger charge is 2.11. The minimum atomic E-state index is -0.238. The molecular weight excluding hydrogens is 310 g/mol. The lowest BCUT2D eigenvalue weighted by Gasteiger charge is -2.01. The van der Waals surface area contributed by atoms with E-state index in [1.807, 2.05) is 0 Å². The van der Waals surface area contributed by atoms with E-state index in [4.69, 9.17) is 16.3 Å². The third kappa shape index (κ3) is 2.96. The number of anilines is 1. The average molecular weight is 320 g/mol. The summed E-state index contributed by atoms with van der Waals surface area (Å²) in [6, 6.07) is 8.43. The van der Waals surface area contributed by atoms with Gasteiger partial charge in [0.05, 0.1) is 13.3 Å². The normalized spacial score (nSPS) is 10.6.